The summed E-state index contributed by atoms with van der Waals surface area (Å²) in [4.78, 5) is 2.31. The third kappa shape index (κ3) is 5.94. The maximum absolute atomic E-state index is 8.79. The first-order valence-corrected chi connectivity index (χ1v) is 7.98. The van der Waals surface area contributed by atoms with Crippen LogP contribution in [0.1, 0.15) is 39.7 Å². The van der Waals surface area contributed by atoms with Gasteiger partial charge in [-0.1, -0.05) is 6.07 Å². The van der Waals surface area contributed by atoms with Crippen LogP contribution >= 0.6 is 0 Å². The van der Waals surface area contributed by atoms with Crippen LogP contribution in [0.5, 0.6) is 5.75 Å². The van der Waals surface area contributed by atoms with E-state index in [4.69, 9.17) is 9.84 Å². The Hall–Kier alpha value is -1.26. The minimum Gasteiger partial charge on any atom is -0.489 e. The first kappa shape index (κ1) is 17.8. The Balaban J connectivity index is 2.84. The van der Waals surface area contributed by atoms with Crippen molar-refractivity contribution in [3.05, 3.63) is 23.8 Å². The summed E-state index contributed by atoms with van der Waals surface area (Å²) < 4.78 is 5.99. The van der Waals surface area contributed by atoms with E-state index in [0.717, 1.165) is 44.0 Å². The van der Waals surface area contributed by atoms with Crippen LogP contribution in [0, 0.1) is 0 Å². The first-order valence-electron chi connectivity index (χ1n) is 7.98. The van der Waals surface area contributed by atoms with E-state index in [1.54, 1.807) is 0 Å². The summed E-state index contributed by atoms with van der Waals surface area (Å²) in [6.45, 7) is 12.2. The predicted molar refractivity (Wildman–Crippen MR) is 89.2 cm³/mol. The predicted octanol–water partition coefficient (Wildman–Crippen LogP) is 2.79. The quantitative estimate of drug-likeness (QED) is 0.651. The summed E-state index contributed by atoms with van der Waals surface area (Å²) in [5.74, 6) is 0.954. The van der Waals surface area contributed by atoms with Gasteiger partial charge in [-0.25, -0.2) is 0 Å². The Labute approximate surface area is 129 Å². The molecule has 1 aromatic rings. The van der Waals surface area contributed by atoms with Crippen LogP contribution in [-0.4, -0.2) is 37.5 Å². The average Bonchev–Trinajstić information content (AvgIpc) is 2.46. The molecule has 0 radical (unpaired) electrons. The van der Waals surface area contributed by atoms with Crippen LogP contribution in [0.2, 0.25) is 0 Å². The van der Waals surface area contributed by atoms with Gasteiger partial charge in [0.05, 0.1) is 11.8 Å². The summed E-state index contributed by atoms with van der Waals surface area (Å²) in [5.41, 5.74) is 2.37. The molecule has 0 aliphatic rings. The van der Waals surface area contributed by atoms with Crippen molar-refractivity contribution in [1.82, 2.24) is 5.32 Å². The van der Waals surface area contributed by atoms with Crippen LogP contribution in [0.25, 0.3) is 0 Å². The molecule has 0 bridgehead atoms. The number of ether oxygens (including phenoxy) is 1. The van der Waals surface area contributed by atoms with Crippen LogP contribution < -0.4 is 15.0 Å². The fraction of sp³-hybridized carbons (Fsp3) is 0.647. The molecule has 0 saturated carbocycles. The summed E-state index contributed by atoms with van der Waals surface area (Å²) >= 11 is 0. The molecule has 0 unspecified atom stereocenters. The topological polar surface area (TPSA) is 44.7 Å². The maximum Gasteiger partial charge on any atom is 0.143 e. The summed E-state index contributed by atoms with van der Waals surface area (Å²) in [5, 5.41) is 12.1. The van der Waals surface area contributed by atoms with E-state index in [9.17, 15) is 0 Å². The highest BCUT2D eigenvalue weighted by Gasteiger charge is 2.11. The number of nitrogens with one attached hydrogen (secondary N) is 1. The highest BCUT2D eigenvalue weighted by molar-refractivity contribution is 5.59. The van der Waals surface area contributed by atoms with Gasteiger partial charge in [0.1, 0.15) is 5.75 Å². The van der Waals surface area contributed by atoms with E-state index >= 15 is 0 Å². The minimum absolute atomic E-state index is 0.164. The van der Waals surface area contributed by atoms with Crippen molar-refractivity contribution in [1.29, 1.82) is 0 Å². The maximum atomic E-state index is 8.79. The molecule has 120 valence electrons. The zero-order valence-corrected chi connectivity index (χ0v) is 13.9. The molecular formula is C17H30N2O2. The molecule has 1 rings (SSSR count). The zero-order valence-electron chi connectivity index (χ0n) is 13.9. The van der Waals surface area contributed by atoms with E-state index in [1.165, 1.54) is 5.56 Å². The minimum atomic E-state index is 0.164. The standard InChI is InChI=1S/C17H30N2O2/c1-5-19(6-2)16-9-8-15(13-18-10-7-11-20)12-17(16)21-14(3)4/h8-9,12,14,18,20H,5-7,10-11,13H2,1-4H3. The van der Waals surface area contributed by atoms with Crippen LogP contribution in [0.4, 0.5) is 5.69 Å². The largest absolute Gasteiger partial charge is 0.489 e. The van der Waals surface area contributed by atoms with E-state index in [0.29, 0.717) is 0 Å². The molecular weight excluding hydrogens is 264 g/mol. The number of aliphatic hydroxyl groups is 1. The van der Waals surface area contributed by atoms with Gasteiger partial charge in [0.15, 0.2) is 0 Å². The lowest BCUT2D eigenvalue weighted by Gasteiger charge is -2.25. The number of aliphatic hydroxyl groups excluding tert-OH is 1. The van der Waals surface area contributed by atoms with Crippen molar-refractivity contribution in [2.75, 3.05) is 31.1 Å². The second-order valence-corrected chi connectivity index (χ2v) is 5.39. The number of hydrogen-bond donors (Lipinski definition) is 2. The Kier molecular flexibility index (Phi) is 8.16. The molecule has 0 aliphatic carbocycles. The average molecular weight is 294 g/mol. The molecule has 0 fully saturated rings. The molecule has 0 heterocycles. The van der Waals surface area contributed by atoms with Gasteiger partial charge in [0.2, 0.25) is 0 Å². The van der Waals surface area contributed by atoms with E-state index in [1.807, 2.05) is 0 Å². The molecule has 0 amide bonds. The lowest BCUT2D eigenvalue weighted by molar-refractivity contribution is 0.242. The molecule has 0 aliphatic heterocycles. The molecule has 0 saturated heterocycles. The van der Waals surface area contributed by atoms with Gasteiger partial charge in [-0.2, -0.15) is 0 Å². The zero-order chi connectivity index (χ0) is 15.7. The summed E-state index contributed by atoms with van der Waals surface area (Å²) in [6.07, 6.45) is 0.948. The number of nitrogens with zero attached hydrogens (tertiary/aromatic N) is 1. The molecule has 0 spiro atoms. The van der Waals surface area contributed by atoms with Gasteiger partial charge in [-0.15, -0.1) is 0 Å². The van der Waals surface area contributed by atoms with Gasteiger partial charge in [-0.3, -0.25) is 0 Å². The Morgan fingerprint density at radius 1 is 1.24 bits per heavy atom. The molecule has 0 atom stereocenters. The molecule has 4 nitrogen and oxygen atoms in total. The van der Waals surface area contributed by atoms with Crippen molar-refractivity contribution in [3.63, 3.8) is 0 Å². The van der Waals surface area contributed by atoms with Gasteiger partial charge in [-0.05, 0) is 58.4 Å². The van der Waals surface area contributed by atoms with Crippen LogP contribution in [0.15, 0.2) is 18.2 Å². The Morgan fingerprint density at radius 2 is 1.95 bits per heavy atom. The van der Waals surface area contributed by atoms with Gasteiger partial charge in [0.25, 0.3) is 0 Å². The fourth-order valence-electron chi connectivity index (χ4n) is 2.28. The number of benzene rings is 1. The highest BCUT2D eigenvalue weighted by Crippen LogP contribution is 2.30. The number of anilines is 1. The SMILES string of the molecule is CCN(CC)c1ccc(CNCCCO)cc1OC(C)C. The Bertz CT molecular complexity index is 404. The van der Waals surface area contributed by atoms with Gasteiger partial charge < -0.3 is 20.1 Å². The third-order valence-corrected chi connectivity index (χ3v) is 3.33. The molecule has 2 N–H and O–H groups in total. The summed E-state index contributed by atoms with van der Waals surface area (Å²) in [6, 6.07) is 6.42. The van der Waals surface area contributed by atoms with Crippen molar-refractivity contribution in [2.24, 2.45) is 0 Å². The van der Waals surface area contributed by atoms with Crippen molar-refractivity contribution in [3.8, 4) is 5.75 Å². The summed E-state index contributed by atoms with van der Waals surface area (Å²) in [7, 11) is 0. The van der Waals surface area contributed by atoms with Crippen molar-refractivity contribution in [2.45, 2.75) is 46.8 Å². The smallest absolute Gasteiger partial charge is 0.143 e. The monoisotopic (exact) mass is 294 g/mol. The lowest BCUT2D eigenvalue weighted by atomic mass is 10.1. The first-order chi connectivity index (χ1) is 10.1. The van der Waals surface area contributed by atoms with E-state index in [-0.39, 0.29) is 12.7 Å². The second kappa shape index (κ2) is 9.64. The van der Waals surface area contributed by atoms with Crippen molar-refractivity contribution >= 4 is 5.69 Å². The highest BCUT2D eigenvalue weighted by atomic mass is 16.5. The normalized spacial score (nSPS) is 11.0. The molecule has 0 aromatic heterocycles. The Morgan fingerprint density at radius 3 is 2.52 bits per heavy atom. The van der Waals surface area contributed by atoms with E-state index < -0.39 is 0 Å². The van der Waals surface area contributed by atoms with E-state index in [2.05, 4.69) is 56.1 Å². The fourth-order valence-corrected chi connectivity index (χ4v) is 2.28. The van der Waals surface area contributed by atoms with Crippen LogP contribution in [-0.2, 0) is 6.54 Å². The molecule has 1 aromatic carbocycles. The van der Waals surface area contributed by atoms with Crippen LogP contribution in [0.3, 0.4) is 0 Å². The third-order valence-electron chi connectivity index (χ3n) is 3.33. The van der Waals surface area contributed by atoms with Gasteiger partial charge in [0, 0.05) is 26.2 Å². The van der Waals surface area contributed by atoms with Gasteiger partial charge >= 0.3 is 0 Å². The number of rotatable bonds is 10. The second-order valence-electron chi connectivity index (χ2n) is 5.39. The van der Waals surface area contributed by atoms with Crippen molar-refractivity contribution < 1.29 is 9.84 Å². The lowest BCUT2D eigenvalue weighted by Crippen LogP contribution is -2.23. The number of hydrogen-bond acceptors (Lipinski definition) is 4. The molecule has 21 heavy (non-hydrogen) atoms. The molecule has 4 heteroatoms.